The van der Waals surface area contributed by atoms with Crippen LogP contribution in [0.4, 0.5) is 0 Å². The Morgan fingerprint density at radius 2 is 2.06 bits per heavy atom. The molecule has 1 rings (SSSR count). The number of nitrogens with zero attached hydrogens (tertiary/aromatic N) is 1. The third-order valence-electron chi connectivity index (χ3n) is 3.75. The maximum atomic E-state index is 9.76. The molecule has 0 amide bonds. The number of hydrogen-bond acceptors (Lipinski definition) is 3. The Labute approximate surface area is 113 Å². The average Bonchev–Trinajstić information content (AvgIpc) is 2.22. The molecule has 0 aromatic carbocycles. The molecule has 0 bridgehead atoms. The van der Waals surface area contributed by atoms with Crippen LogP contribution in [0.1, 0.15) is 41.0 Å². The minimum Gasteiger partial charge on any atom is -0.393 e. The lowest BCUT2D eigenvalue weighted by atomic mass is 9.89. The lowest BCUT2D eigenvalue weighted by molar-refractivity contribution is 0.0209. The molecule has 2 atom stereocenters. The van der Waals surface area contributed by atoms with E-state index in [1.54, 1.807) is 0 Å². The fraction of sp³-hybridized carbons (Fsp3) is 1.00. The fourth-order valence-electron chi connectivity index (χ4n) is 2.72. The lowest BCUT2D eigenvalue weighted by Crippen LogP contribution is -2.47. The summed E-state index contributed by atoms with van der Waals surface area (Å²) in [6.07, 6.45) is 0.833. The fourth-order valence-corrected chi connectivity index (χ4v) is 2.72. The Morgan fingerprint density at radius 1 is 1.39 bits per heavy atom. The van der Waals surface area contributed by atoms with Crippen molar-refractivity contribution in [1.82, 2.24) is 10.2 Å². The van der Waals surface area contributed by atoms with Crippen LogP contribution in [-0.2, 0) is 0 Å². The molecule has 1 aliphatic rings. The van der Waals surface area contributed by atoms with Crippen molar-refractivity contribution in [3.05, 3.63) is 0 Å². The Bertz CT molecular complexity index is 241. The third-order valence-corrected chi connectivity index (χ3v) is 3.75. The van der Waals surface area contributed by atoms with Crippen molar-refractivity contribution >= 4 is 0 Å². The van der Waals surface area contributed by atoms with Gasteiger partial charge in [-0.15, -0.1) is 0 Å². The largest absolute Gasteiger partial charge is 0.393 e. The molecule has 0 aliphatic carbocycles. The zero-order valence-corrected chi connectivity index (χ0v) is 12.9. The number of aliphatic hydroxyl groups excluding tert-OH is 1. The zero-order chi connectivity index (χ0) is 13.8. The van der Waals surface area contributed by atoms with Gasteiger partial charge < -0.3 is 15.3 Å². The van der Waals surface area contributed by atoms with Gasteiger partial charge in [0.2, 0.25) is 0 Å². The van der Waals surface area contributed by atoms with Crippen molar-refractivity contribution in [2.75, 3.05) is 32.7 Å². The van der Waals surface area contributed by atoms with Gasteiger partial charge in [-0.25, -0.2) is 0 Å². The van der Waals surface area contributed by atoms with Crippen LogP contribution >= 0.6 is 0 Å². The SMILES string of the molecule is CC(C)CNCC(C)(C)CN1CCC(O)C(C)C1. The molecule has 1 heterocycles. The van der Waals surface area contributed by atoms with E-state index in [4.69, 9.17) is 0 Å². The molecule has 108 valence electrons. The summed E-state index contributed by atoms with van der Waals surface area (Å²) in [5.41, 5.74) is 0.302. The predicted octanol–water partition coefficient (Wildman–Crippen LogP) is 1.96. The first-order valence-corrected chi connectivity index (χ1v) is 7.41. The number of rotatable bonds is 6. The molecule has 3 nitrogen and oxygen atoms in total. The quantitative estimate of drug-likeness (QED) is 0.762. The molecule has 1 saturated heterocycles. The Morgan fingerprint density at radius 3 is 2.61 bits per heavy atom. The van der Waals surface area contributed by atoms with E-state index < -0.39 is 0 Å². The van der Waals surface area contributed by atoms with Crippen molar-refractivity contribution in [3.63, 3.8) is 0 Å². The summed E-state index contributed by atoms with van der Waals surface area (Å²) >= 11 is 0. The van der Waals surface area contributed by atoms with Gasteiger partial charge in [0.05, 0.1) is 6.10 Å². The molecule has 1 aliphatic heterocycles. The smallest absolute Gasteiger partial charge is 0.0590 e. The average molecular weight is 256 g/mol. The van der Waals surface area contributed by atoms with Gasteiger partial charge in [0.1, 0.15) is 0 Å². The number of nitrogens with one attached hydrogen (secondary N) is 1. The van der Waals surface area contributed by atoms with Gasteiger partial charge in [-0.3, -0.25) is 0 Å². The third kappa shape index (κ3) is 5.68. The molecule has 0 aromatic rings. The summed E-state index contributed by atoms with van der Waals surface area (Å²) < 4.78 is 0. The highest BCUT2D eigenvalue weighted by atomic mass is 16.3. The molecule has 0 aromatic heterocycles. The standard InChI is InChI=1S/C15H32N2O/c1-12(2)8-16-10-15(4,5)11-17-7-6-14(18)13(3)9-17/h12-14,16,18H,6-11H2,1-5H3. The van der Waals surface area contributed by atoms with Crippen LogP contribution in [0.2, 0.25) is 0 Å². The Balaban J connectivity index is 2.31. The Kier molecular flexibility index (Phi) is 6.09. The molecule has 1 fully saturated rings. The number of likely N-dealkylation sites (tertiary alicyclic amines) is 1. The zero-order valence-electron chi connectivity index (χ0n) is 12.9. The topological polar surface area (TPSA) is 35.5 Å². The summed E-state index contributed by atoms with van der Waals surface area (Å²) in [6.45, 7) is 16.7. The Hall–Kier alpha value is -0.120. The van der Waals surface area contributed by atoms with Crippen molar-refractivity contribution in [1.29, 1.82) is 0 Å². The highest BCUT2D eigenvalue weighted by Gasteiger charge is 2.28. The van der Waals surface area contributed by atoms with Gasteiger partial charge in [0, 0.05) is 26.2 Å². The molecule has 0 spiro atoms. The van der Waals surface area contributed by atoms with Gasteiger partial charge in [-0.05, 0) is 30.2 Å². The molecule has 18 heavy (non-hydrogen) atoms. The van der Waals surface area contributed by atoms with E-state index in [1.165, 1.54) is 0 Å². The van der Waals surface area contributed by atoms with Gasteiger partial charge >= 0.3 is 0 Å². The van der Waals surface area contributed by atoms with Crippen LogP contribution < -0.4 is 5.32 Å². The van der Waals surface area contributed by atoms with Crippen LogP contribution in [0.15, 0.2) is 0 Å². The monoisotopic (exact) mass is 256 g/mol. The van der Waals surface area contributed by atoms with Crippen molar-refractivity contribution in [2.24, 2.45) is 17.3 Å². The van der Waals surface area contributed by atoms with E-state index >= 15 is 0 Å². The van der Waals surface area contributed by atoms with E-state index in [1.807, 2.05) is 0 Å². The predicted molar refractivity (Wildman–Crippen MR) is 77.7 cm³/mol. The minimum atomic E-state index is -0.0940. The van der Waals surface area contributed by atoms with Crippen LogP contribution in [0, 0.1) is 17.3 Å². The number of hydrogen-bond donors (Lipinski definition) is 2. The van der Waals surface area contributed by atoms with Crippen LogP contribution in [0.25, 0.3) is 0 Å². The second-order valence-electron chi connectivity index (χ2n) is 7.26. The summed E-state index contributed by atoms with van der Waals surface area (Å²) in [5, 5.41) is 13.3. The maximum absolute atomic E-state index is 9.76. The number of piperidine rings is 1. The second kappa shape index (κ2) is 6.88. The minimum absolute atomic E-state index is 0.0940. The molecular formula is C15H32N2O. The second-order valence-corrected chi connectivity index (χ2v) is 7.26. The van der Waals surface area contributed by atoms with Gasteiger partial charge in [-0.1, -0.05) is 34.6 Å². The molecule has 0 radical (unpaired) electrons. The van der Waals surface area contributed by atoms with Crippen molar-refractivity contribution in [3.8, 4) is 0 Å². The van der Waals surface area contributed by atoms with Gasteiger partial charge in [0.15, 0.2) is 0 Å². The summed E-state index contributed by atoms with van der Waals surface area (Å²) in [6, 6.07) is 0. The van der Waals surface area contributed by atoms with E-state index in [0.29, 0.717) is 17.3 Å². The van der Waals surface area contributed by atoms with Crippen LogP contribution in [0.5, 0.6) is 0 Å². The van der Waals surface area contributed by atoms with E-state index in [-0.39, 0.29) is 6.10 Å². The maximum Gasteiger partial charge on any atom is 0.0590 e. The van der Waals surface area contributed by atoms with Crippen LogP contribution in [0.3, 0.4) is 0 Å². The summed E-state index contributed by atoms with van der Waals surface area (Å²) in [4.78, 5) is 2.51. The number of aliphatic hydroxyl groups is 1. The molecular weight excluding hydrogens is 224 g/mol. The van der Waals surface area contributed by atoms with Crippen molar-refractivity contribution in [2.45, 2.75) is 47.1 Å². The summed E-state index contributed by atoms with van der Waals surface area (Å²) in [5.74, 6) is 1.13. The first-order valence-electron chi connectivity index (χ1n) is 7.41. The molecule has 2 N–H and O–H groups in total. The van der Waals surface area contributed by atoms with Crippen LogP contribution in [-0.4, -0.2) is 48.8 Å². The van der Waals surface area contributed by atoms with Crippen molar-refractivity contribution < 1.29 is 5.11 Å². The lowest BCUT2D eigenvalue weighted by Gasteiger charge is -2.39. The molecule has 0 saturated carbocycles. The van der Waals surface area contributed by atoms with Gasteiger partial charge in [0.25, 0.3) is 0 Å². The molecule has 2 unspecified atom stereocenters. The van der Waals surface area contributed by atoms with E-state index in [9.17, 15) is 5.11 Å². The van der Waals surface area contributed by atoms with Gasteiger partial charge in [-0.2, -0.15) is 0 Å². The van der Waals surface area contributed by atoms with E-state index in [0.717, 1.165) is 39.1 Å². The highest BCUT2D eigenvalue weighted by molar-refractivity contribution is 4.82. The highest BCUT2D eigenvalue weighted by Crippen LogP contribution is 2.22. The first-order chi connectivity index (χ1) is 8.30. The van der Waals surface area contributed by atoms with E-state index in [2.05, 4.69) is 44.8 Å². The first kappa shape index (κ1) is 15.9. The normalized spacial score (nSPS) is 26.8. The molecule has 3 heteroatoms. The summed E-state index contributed by atoms with van der Waals surface area (Å²) in [7, 11) is 0.